The minimum absolute atomic E-state index is 0.00879. The number of carboxylic acid groups (broad SMARTS) is 1. The molecule has 0 saturated carbocycles. The van der Waals surface area contributed by atoms with Crippen LogP contribution in [0, 0.1) is 0 Å². The molecule has 0 radical (unpaired) electrons. The Morgan fingerprint density at radius 3 is 1.56 bits per heavy atom. The first-order chi connectivity index (χ1) is 13.0. The van der Waals surface area contributed by atoms with Crippen molar-refractivity contribution in [2.24, 2.45) is 0 Å². The molecular formula is C18H26O9. The van der Waals surface area contributed by atoms with Crippen LogP contribution in [-0.4, -0.2) is 50.1 Å². The van der Waals surface area contributed by atoms with E-state index in [1.54, 1.807) is 34.6 Å². The van der Waals surface area contributed by atoms with Crippen LogP contribution in [0.5, 0.6) is 23.0 Å². The predicted octanol–water partition coefficient (Wildman–Crippen LogP) is 3.09. The molecule has 1 aromatic rings. The van der Waals surface area contributed by atoms with Crippen LogP contribution in [-0.2, 0) is 9.78 Å². The number of carbonyl (C=O) groups excluding carboxylic acids is 1. The molecule has 0 aliphatic carbocycles. The highest BCUT2D eigenvalue weighted by molar-refractivity contribution is 6.05. The number of aromatic carboxylic acids is 1. The fraction of sp³-hybridized carbons (Fsp3) is 0.556. The normalized spacial score (nSPS) is 10.3. The molecule has 1 aromatic carbocycles. The molecule has 152 valence electrons. The lowest BCUT2D eigenvalue weighted by molar-refractivity contribution is -0.237. The topological polar surface area (TPSA) is 110 Å². The summed E-state index contributed by atoms with van der Waals surface area (Å²) in [5.74, 6) is -2.66. The molecule has 0 heterocycles. The van der Waals surface area contributed by atoms with Crippen LogP contribution in [0.2, 0.25) is 0 Å². The van der Waals surface area contributed by atoms with Crippen molar-refractivity contribution >= 4 is 11.9 Å². The zero-order valence-corrected chi connectivity index (χ0v) is 16.2. The highest BCUT2D eigenvalue weighted by Gasteiger charge is 2.36. The maximum Gasteiger partial charge on any atom is 0.380 e. The molecule has 0 fully saturated rings. The number of hydrogen-bond acceptors (Lipinski definition) is 8. The van der Waals surface area contributed by atoms with E-state index in [2.05, 4.69) is 0 Å². The number of benzene rings is 1. The summed E-state index contributed by atoms with van der Waals surface area (Å²) in [5.41, 5.74) is -0.592. The number of carboxylic acids is 1. The second kappa shape index (κ2) is 11.1. The van der Waals surface area contributed by atoms with Crippen molar-refractivity contribution in [3.05, 3.63) is 11.1 Å². The van der Waals surface area contributed by atoms with E-state index >= 15 is 0 Å². The van der Waals surface area contributed by atoms with Gasteiger partial charge in [-0.1, -0.05) is 0 Å². The van der Waals surface area contributed by atoms with Gasteiger partial charge in [-0.15, -0.1) is 0 Å². The fourth-order valence-corrected chi connectivity index (χ4v) is 2.32. The zero-order valence-electron chi connectivity index (χ0n) is 16.2. The standard InChI is InChI=1S/C18H26O9/c1-6-22-13-11(17(19)20)14(23-7-2)16(25-9-4)15(24-8-3)12(13)18(21)27-26-10-5/h6-10H2,1-5H3,(H,19,20). The molecule has 0 atom stereocenters. The van der Waals surface area contributed by atoms with Gasteiger partial charge in [0, 0.05) is 0 Å². The molecule has 0 saturated heterocycles. The SMILES string of the molecule is CCOOC(=O)c1c(OCC)c(OCC)c(OCC)c(C(=O)O)c1OCC. The van der Waals surface area contributed by atoms with Gasteiger partial charge in [0.15, 0.2) is 22.8 Å². The van der Waals surface area contributed by atoms with Crippen LogP contribution in [0.25, 0.3) is 0 Å². The van der Waals surface area contributed by atoms with Gasteiger partial charge in [-0.2, -0.15) is 4.89 Å². The van der Waals surface area contributed by atoms with Crippen LogP contribution in [0.3, 0.4) is 0 Å². The summed E-state index contributed by atoms with van der Waals surface area (Å²) in [6.07, 6.45) is 0. The van der Waals surface area contributed by atoms with E-state index in [-0.39, 0.29) is 67.2 Å². The third-order valence-corrected chi connectivity index (χ3v) is 3.15. The van der Waals surface area contributed by atoms with Crippen molar-refractivity contribution in [2.75, 3.05) is 33.0 Å². The van der Waals surface area contributed by atoms with E-state index in [1.807, 2.05) is 0 Å². The number of carbonyl (C=O) groups is 2. The third-order valence-electron chi connectivity index (χ3n) is 3.15. The van der Waals surface area contributed by atoms with Gasteiger partial charge < -0.3 is 24.1 Å². The van der Waals surface area contributed by atoms with Gasteiger partial charge in [-0.3, -0.25) is 4.89 Å². The lowest BCUT2D eigenvalue weighted by Crippen LogP contribution is -2.17. The van der Waals surface area contributed by atoms with Crippen LogP contribution < -0.4 is 18.9 Å². The van der Waals surface area contributed by atoms with E-state index in [0.717, 1.165) is 0 Å². The van der Waals surface area contributed by atoms with Crippen molar-refractivity contribution in [3.63, 3.8) is 0 Å². The Morgan fingerprint density at radius 1 is 0.667 bits per heavy atom. The predicted molar refractivity (Wildman–Crippen MR) is 95.1 cm³/mol. The Balaban J connectivity index is 3.92. The quantitative estimate of drug-likeness (QED) is 0.428. The molecule has 1 N–H and O–H groups in total. The summed E-state index contributed by atoms with van der Waals surface area (Å²) in [5, 5.41) is 9.76. The molecule has 0 unspecified atom stereocenters. The Bertz CT molecular complexity index is 655. The zero-order chi connectivity index (χ0) is 20.4. The maximum absolute atomic E-state index is 12.6. The maximum atomic E-state index is 12.6. The second-order valence-corrected chi connectivity index (χ2v) is 4.88. The molecule has 9 heteroatoms. The minimum atomic E-state index is -1.35. The largest absolute Gasteiger partial charge is 0.492 e. The van der Waals surface area contributed by atoms with Crippen molar-refractivity contribution in [1.29, 1.82) is 0 Å². The van der Waals surface area contributed by atoms with Gasteiger partial charge in [0.1, 0.15) is 5.56 Å². The molecule has 0 aliphatic rings. The summed E-state index contributed by atoms with van der Waals surface area (Å²) in [6.45, 7) is 9.14. The molecule has 9 nitrogen and oxygen atoms in total. The summed E-state index contributed by atoms with van der Waals surface area (Å²) in [7, 11) is 0. The van der Waals surface area contributed by atoms with Crippen LogP contribution >= 0.6 is 0 Å². The monoisotopic (exact) mass is 386 g/mol. The molecule has 1 rings (SSSR count). The van der Waals surface area contributed by atoms with E-state index < -0.39 is 11.9 Å². The molecule has 0 spiro atoms. The van der Waals surface area contributed by atoms with Crippen molar-refractivity contribution < 1.29 is 43.4 Å². The van der Waals surface area contributed by atoms with Crippen LogP contribution in [0.1, 0.15) is 55.3 Å². The number of ether oxygens (including phenoxy) is 4. The van der Waals surface area contributed by atoms with E-state index in [4.69, 9.17) is 28.7 Å². The van der Waals surface area contributed by atoms with Crippen LogP contribution in [0.15, 0.2) is 0 Å². The minimum Gasteiger partial charge on any atom is -0.492 e. The third kappa shape index (κ3) is 5.16. The van der Waals surface area contributed by atoms with Gasteiger partial charge in [-0.05, 0) is 34.6 Å². The Kier molecular flexibility index (Phi) is 9.21. The lowest BCUT2D eigenvalue weighted by Gasteiger charge is -2.22. The summed E-state index contributed by atoms with van der Waals surface area (Å²) in [6, 6.07) is 0. The summed E-state index contributed by atoms with van der Waals surface area (Å²) in [4.78, 5) is 34.0. The molecule has 0 bridgehead atoms. The van der Waals surface area contributed by atoms with Crippen molar-refractivity contribution in [2.45, 2.75) is 34.6 Å². The first-order valence-electron chi connectivity index (χ1n) is 8.80. The van der Waals surface area contributed by atoms with Gasteiger partial charge in [-0.25, -0.2) is 9.59 Å². The van der Waals surface area contributed by atoms with Crippen molar-refractivity contribution in [3.8, 4) is 23.0 Å². The molecule has 0 aromatic heterocycles. The fourth-order valence-electron chi connectivity index (χ4n) is 2.32. The average molecular weight is 386 g/mol. The Hall–Kier alpha value is -2.68. The van der Waals surface area contributed by atoms with Gasteiger partial charge in [0.25, 0.3) is 0 Å². The number of rotatable bonds is 12. The molecule has 0 aliphatic heterocycles. The second-order valence-electron chi connectivity index (χ2n) is 4.88. The number of hydrogen-bond donors (Lipinski definition) is 1. The van der Waals surface area contributed by atoms with Gasteiger partial charge in [0.2, 0.25) is 5.75 Å². The Labute approximate surface area is 158 Å². The van der Waals surface area contributed by atoms with E-state index in [0.29, 0.717) is 0 Å². The highest BCUT2D eigenvalue weighted by Crippen LogP contribution is 2.49. The summed E-state index contributed by atoms with van der Waals surface area (Å²) < 4.78 is 22.2. The first-order valence-corrected chi connectivity index (χ1v) is 8.80. The van der Waals surface area contributed by atoms with E-state index in [1.165, 1.54) is 0 Å². The van der Waals surface area contributed by atoms with Gasteiger partial charge in [0.05, 0.1) is 33.0 Å². The Morgan fingerprint density at radius 2 is 1.11 bits per heavy atom. The molecule has 27 heavy (non-hydrogen) atoms. The molecule has 0 amide bonds. The smallest absolute Gasteiger partial charge is 0.380 e. The van der Waals surface area contributed by atoms with Crippen LogP contribution in [0.4, 0.5) is 0 Å². The van der Waals surface area contributed by atoms with Gasteiger partial charge >= 0.3 is 11.9 Å². The highest BCUT2D eigenvalue weighted by atomic mass is 17.2. The first kappa shape index (κ1) is 22.4. The molecular weight excluding hydrogens is 360 g/mol. The average Bonchev–Trinajstić information content (AvgIpc) is 2.63. The lowest BCUT2D eigenvalue weighted by atomic mass is 10.0. The van der Waals surface area contributed by atoms with E-state index in [9.17, 15) is 14.7 Å². The van der Waals surface area contributed by atoms with Crippen molar-refractivity contribution in [1.82, 2.24) is 0 Å². The summed E-state index contributed by atoms with van der Waals surface area (Å²) >= 11 is 0.